The first-order valence-electron chi connectivity index (χ1n) is 6.54. The average molecular weight is 256 g/mol. The second-order valence-corrected chi connectivity index (χ2v) is 4.65. The summed E-state index contributed by atoms with van der Waals surface area (Å²) in [6, 6.07) is 15.7. The molecule has 0 saturated heterocycles. The molecule has 19 heavy (non-hydrogen) atoms. The van der Waals surface area contributed by atoms with E-state index >= 15 is 0 Å². The van der Waals surface area contributed by atoms with Gasteiger partial charge in [-0.2, -0.15) is 0 Å². The van der Waals surface area contributed by atoms with E-state index in [2.05, 4.69) is 0 Å². The fourth-order valence-corrected chi connectivity index (χ4v) is 2.20. The lowest BCUT2D eigenvalue weighted by Crippen LogP contribution is -2.07. The van der Waals surface area contributed by atoms with Crippen molar-refractivity contribution in [1.29, 1.82) is 0 Å². The third kappa shape index (κ3) is 3.50. The van der Waals surface area contributed by atoms with E-state index in [9.17, 15) is 9.18 Å². The molecule has 0 heterocycles. The Labute approximate surface area is 113 Å². The van der Waals surface area contributed by atoms with E-state index in [-0.39, 0.29) is 17.5 Å². The van der Waals surface area contributed by atoms with Gasteiger partial charge in [0.2, 0.25) is 0 Å². The quantitative estimate of drug-likeness (QED) is 0.715. The molecule has 2 heteroatoms. The minimum absolute atomic E-state index is 0.136. The van der Waals surface area contributed by atoms with Crippen LogP contribution in [0.4, 0.5) is 4.39 Å². The Morgan fingerprint density at radius 1 is 1.05 bits per heavy atom. The van der Waals surface area contributed by atoms with Gasteiger partial charge in [0.25, 0.3) is 0 Å². The summed E-state index contributed by atoms with van der Waals surface area (Å²) in [5.41, 5.74) is 1.76. The van der Waals surface area contributed by atoms with Crippen LogP contribution in [-0.2, 0) is 0 Å². The average Bonchev–Trinajstić information content (AvgIpc) is 2.46. The molecule has 0 aliphatic carbocycles. The molecule has 98 valence electrons. The van der Waals surface area contributed by atoms with Crippen molar-refractivity contribution >= 4 is 5.78 Å². The second-order valence-electron chi connectivity index (χ2n) is 4.65. The van der Waals surface area contributed by atoms with Crippen LogP contribution < -0.4 is 0 Å². The largest absolute Gasteiger partial charge is 0.294 e. The lowest BCUT2D eigenvalue weighted by atomic mass is 9.89. The molecular formula is C17H17FO. The van der Waals surface area contributed by atoms with Crippen molar-refractivity contribution in [2.45, 2.75) is 25.7 Å². The summed E-state index contributed by atoms with van der Waals surface area (Å²) in [4.78, 5) is 12.2. The van der Waals surface area contributed by atoms with Gasteiger partial charge >= 0.3 is 0 Å². The number of hydrogen-bond donors (Lipinski definition) is 0. The summed E-state index contributed by atoms with van der Waals surface area (Å²) in [6.07, 6.45) is 1.33. The molecule has 0 aliphatic rings. The van der Waals surface area contributed by atoms with Crippen LogP contribution in [0.2, 0.25) is 0 Å². The lowest BCUT2D eigenvalue weighted by molar-refractivity contribution is 0.0973. The van der Waals surface area contributed by atoms with Gasteiger partial charge in [-0.1, -0.05) is 49.4 Å². The predicted octanol–water partition coefficient (Wildman–Crippen LogP) is 4.59. The van der Waals surface area contributed by atoms with Crippen LogP contribution in [0.1, 0.15) is 41.6 Å². The van der Waals surface area contributed by atoms with E-state index < -0.39 is 0 Å². The van der Waals surface area contributed by atoms with Gasteiger partial charge in [-0.3, -0.25) is 4.79 Å². The van der Waals surface area contributed by atoms with Gasteiger partial charge in [-0.15, -0.1) is 0 Å². The number of Topliss-reactive ketones (excluding diaryl/α,β-unsaturated/α-hetero) is 1. The summed E-state index contributed by atoms with van der Waals surface area (Å²) in [5.74, 6) is 0.0399. The zero-order chi connectivity index (χ0) is 13.7. The van der Waals surface area contributed by atoms with E-state index in [1.807, 2.05) is 37.3 Å². The van der Waals surface area contributed by atoms with Gasteiger partial charge in [0.05, 0.1) is 0 Å². The van der Waals surface area contributed by atoms with Gasteiger partial charge in [-0.25, -0.2) is 4.39 Å². The van der Waals surface area contributed by atoms with Gasteiger partial charge in [0.15, 0.2) is 5.78 Å². The Balaban J connectivity index is 2.11. The van der Waals surface area contributed by atoms with Crippen molar-refractivity contribution in [2.24, 2.45) is 0 Å². The van der Waals surface area contributed by atoms with Crippen LogP contribution in [0.25, 0.3) is 0 Å². The minimum Gasteiger partial charge on any atom is -0.294 e. The maximum Gasteiger partial charge on any atom is 0.163 e. The lowest BCUT2D eigenvalue weighted by Gasteiger charge is -2.14. The standard InChI is InChI=1S/C17H17FO/c1-2-13(14-8-10-16(18)11-9-14)12-17(19)15-6-4-3-5-7-15/h3-11,13H,2,12H2,1H3. The molecule has 2 aromatic carbocycles. The highest BCUT2D eigenvalue weighted by atomic mass is 19.1. The van der Waals surface area contributed by atoms with Crippen molar-refractivity contribution < 1.29 is 9.18 Å². The molecule has 1 unspecified atom stereocenters. The van der Waals surface area contributed by atoms with Gasteiger partial charge in [-0.05, 0) is 30.0 Å². The molecule has 0 radical (unpaired) electrons. The maximum atomic E-state index is 12.9. The Kier molecular flexibility index (Phi) is 4.45. The summed E-state index contributed by atoms with van der Waals surface area (Å²) < 4.78 is 12.9. The number of halogens is 1. The Morgan fingerprint density at radius 2 is 1.68 bits per heavy atom. The van der Waals surface area contributed by atoms with Gasteiger partial charge in [0.1, 0.15) is 5.82 Å². The number of benzene rings is 2. The molecular weight excluding hydrogens is 239 g/mol. The van der Waals surface area contributed by atoms with E-state index in [4.69, 9.17) is 0 Å². The first-order valence-corrected chi connectivity index (χ1v) is 6.54. The SMILES string of the molecule is CCC(CC(=O)c1ccccc1)c1ccc(F)cc1. The van der Waals surface area contributed by atoms with Crippen LogP contribution in [0.15, 0.2) is 54.6 Å². The fraction of sp³-hybridized carbons (Fsp3) is 0.235. The van der Waals surface area contributed by atoms with E-state index in [1.165, 1.54) is 12.1 Å². The molecule has 0 N–H and O–H groups in total. The molecule has 2 aromatic rings. The summed E-state index contributed by atoms with van der Waals surface area (Å²) in [5, 5.41) is 0. The Morgan fingerprint density at radius 3 is 2.26 bits per heavy atom. The molecule has 0 fully saturated rings. The van der Waals surface area contributed by atoms with Crippen LogP contribution >= 0.6 is 0 Å². The fourth-order valence-electron chi connectivity index (χ4n) is 2.20. The van der Waals surface area contributed by atoms with Crippen molar-refractivity contribution in [1.82, 2.24) is 0 Å². The third-order valence-corrected chi connectivity index (χ3v) is 3.36. The Hall–Kier alpha value is -1.96. The zero-order valence-electron chi connectivity index (χ0n) is 11.0. The van der Waals surface area contributed by atoms with E-state index in [1.54, 1.807) is 12.1 Å². The first kappa shape index (κ1) is 13.5. The first-order chi connectivity index (χ1) is 9.20. The van der Waals surface area contributed by atoms with Crippen molar-refractivity contribution in [3.05, 3.63) is 71.5 Å². The predicted molar refractivity (Wildman–Crippen MR) is 74.8 cm³/mol. The maximum absolute atomic E-state index is 12.9. The highest BCUT2D eigenvalue weighted by molar-refractivity contribution is 5.96. The minimum atomic E-state index is -0.243. The smallest absolute Gasteiger partial charge is 0.163 e. The highest BCUT2D eigenvalue weighted by Gasteiger charge is 2.15. The normalized spacial score (nSPS) is 12.1. The van der Waals surface area contributed by atoms with Crippen LogP contribution in [0.5, 0.6) is 0 Å². The van der Waals surface area contributed by atoms with Gasteiger partial charge in [0, 0.05) is 12.0 Å². The summed E-state index contributed by atoms with van der Waals surface area (Å²) >= 11 is 0. The molecule has 1 atom stereocenters. The molecule has 1 nitrogen and oxygen atoms in total. The molecule has 2 rings (SSSR count). The number of rotatable bonds is 5. The molecule has 0 aromatic heterocycles. The zero-order valence-corrected chi connectivity index (χ0v) is 11.0. The summed E-state index contributed by atoms with van der Waals surface area (Å²) in [6.45, 7) is 2.05. The number of hydrogen-bond acceptors (Lipinski definition) is 1. The van der Waals surface area contributed by atoms with Gasteiger partial charge < -0.3 is 0 Å². The van der Waals surface area contributed by atoms with Crippen LogP contribution in [-0.4, -0.2) is 5.78 Å². The highest BCUT2D eigenvalue weighted by Crippen LogP contribution is 2.25. The number of carbonyl (C=O) groups is 1. The van der Waals surface area contributed by atoms with Crippen molar-refractivity contribution in [3.63, 3.8) is 0 Å². The molecule has 0 amide bonds. The molecule has 0 saturated carbocycles. The second kappa shape index (κ2) is 6.28. The monoisotopic (exact) mass is 256 g/mol. The topological polar surface area (TPSA) is 17.1 Å². The number of carbonyl (C=O) groups excluding carboxylic acids is 1. The van der Waals surface area contributed by atoms with Crippen LogP contribution in [0, 0.1) is 5.82 Å². The molecule has 0 bridgehead atoms. The third-order valence-electron chi connectivity index (χ3n) is 3.36. The molecule has 0 spiro atoms. The number of ketones is 1. The summed E-state index contributed by atoms with van der Waals surface area (Å²) in [7, 11) is 0. The van der Waals surface area contributed by atoms with Crippen LogP contribution in [0.3, 0.4) is 0 Å². The van der Waals surface area contributed by atoms with E-state index in [0.29, 0.717) is 6.42 Å². The van der Waals surface area contributed by atoms with E-state index in [0.717, 1.165) is 17.5 Å². The Bertz CT molecular complexity index is 531. The molecule has 0 aliphatic heterocycles. The van der Waals surface area contributed by atoms with Crippen molar-refractivity contribution in [2.75, 3.05) is 0 Å². The van der Waals surface area contributed by atoms with Crippen molar-refractivity contribution in [3.8, 4) is 0 Å².